The summed E-state index contributed by atoms with van der Waals surface area (Å²) in [4.78, 5) is 5.06. The molecule has 20 heavy (non-hydrogen) atoms. The minimum Gasteiger partial charge on any atom is -0.312 e. The fourth-order valence-electron chi connectivity index (χ4n) is 3.11. The van der Waals surface area contributed by atoms with Gasteiger partial charge in [0.05, 0.1) is 0 Å². The Morgan fingerprint density at radius 3 is 2.45 bits per heavy atom. The fourth-order valence-corrected chi connectivity index (χ4v) is 3.11. The first-order chi connectivity index (χ1) is 9.72. The molecule has 0 amide bonds. The Hall–Kier alpha value is -0.900. The molecule has 1 heterocycles. The lowest BCUT2D eigenvalue weighted by molar-refractivity contribution is 0.185. The van der Waals surface area contributed by atoms with Gasteiger partial charge in [-0.05, 0) is 52.5 Å². The molecule has 0 aliphatic carbocycles. The average Bonchev–Trinajstić information content (AvgIpc) is 3.00. The summed E-state index contributed by atoms with van der Waals surface area (Å²) >= 11 is 0. The van der Waals surface area contributed by atoms with Crippen molar-refractivity contribution in [3.63, 3.8) is 0 Å². The van der Waals surface area contributed by atoms with E-state index in [-0.39, 0.29) is 0 Å². The van der Waals surface area contributed by atoms with Crippen LogP contribution in [0.1, 0.15) is 31.4 Å². The van der Waals surface area contributed by atoms with Crippen LogP contribution in [0.5, 0.6) is 0 Å². The topological polar surface area (TPSA) is 18.5 Å². The highest BCUT2D eigenvalue weighted by Crippen LogP contribution is 2.19. The van der Waals surface area contributed by atoms with Gasteiger partial charge in [-0.3, -0.25) is 0 Å². The smallest absolute Gasteiger partial charge is 0.0472 e. The van der Waals surface area contributed by atoms with Crippen molar-refractivity contribution in [1.29, 1.82) is 0 Å². The third-order valence-electron chi connectivity index (χ3n) is 4.61. The molecule has 2 rings (SSSR count). The summed E-state index contributed by atoms with van der Waals surface area (Å²) in [6, 6.07) is 11.6. The molecule has 1 aromatic rings. The molecule has 1 N–H and O–H groups in total. The molecule has 0 spiro atoms. The van der Waals surface area contributed by atoms with Crippen molar-refractivity contribution >= 4 is 0 Å². The van der Waals surface area contributed by atoms with Crippen LogP contribution in [0.25, 0.3) is 0 Å². The Morgan fingerprint density at radius 2 is 1.85 bits per heavy atom. The fraction of sp³-hybridized carbons (Fsp3) is 0.647. The lowest BCUT2D eigenvalue weighted by Gasteiger charge is -2.33. The zero-order valence-corrected chi connectivity index (χ0v) is 13.2. The predicted molar refractivity (Wildman–Crippen MR) is 86.0 cm³/mol. The van der Waals surface area contributed by atoms with E-state index in [9.17, 15) is 0 Å². The first-order valence-electron chi connectivity index (χ1n) is 7.87. The second-order valence-electron chi connectivity index (χ2n) is 5.95. The SMILES string of the molecule is CNC(c1ccccc1)C(C)N(C)CCN1CCCC1. The number of nitrogens with zero attached hydrogens (tertiary/aromatic N) is 2. The van der Waals surface area contributed by atoms with Gasteiger partial charge < -0.3 is 15.1 Å². The molecule has 0 radical (unpaired) electrons. The third kappa shape index (κ3) is 4.05. The van der Waals surface area contributed by atoms with Crippen LogP contribution in [0.2, 0.25) is 0 Å². The van der Waals surface area contributed by atoms with Gasteiger partial charge in [0.15, 0.2) is 0 Å². The lowest BCUT2D eigenvalue weighted by atomic mass is 10.00. The van der Waals surface area contributed by atoms with Gasteiger partial charge in [-0.1, -0.05) is 30.3 Å². The molecule has 0 aromatic heterocycles. The molecule has 3 nitrogen and oxygen atoms in total. The summed E-state index contributed by atoms with van der Waals surface area (Å²) in [5, 5.41) is 3.47. The Kier molecular flexibility index (Phi) is 6.02. The maximum Gasteiger partial charge on any atom is 0.0472 e. The van der Waals surface area contributed by atoms with E-state index >= 15 is 0 Å². The summed E-state index contributed by atoms with van der Waals surface area (Å²) in [7, 11) is 4.30. The largest absolute Gasteiger partial charge is 0.312 e. The highest BCUT2D eigenvalue weighted by molar-refractivity contribution is 5.20. The molecule has 1 aliphatic heterocycles. The number of likely N-dealkylation sites (N-methyl/N-ethyl adjacent to an activating group) is 2. The number of hydrogen-bond acceptors (Lipinski definition) is 3. The Balaban J connectivity index is 1.88. The number of hydrogen-bond donors (Lipinski definition) is 1. The lowest BCUT2D eigenvalue weighted by Crippen LogP contribution is -2.43. The van der Waals surface area contributed by atoms with E-state index in [0.717, 1.165) is 6.54 Å². The van der Waals surface area contributed by atoms with Crippen molar-refractivity contribution in [2.45, 2.75) is 31.8 Å². The Morgan fingerprint density at radius 1 is 1.20 bits per heavy atom. The van der Waals surface area contributed by atoms with Gasteiger partial charge in [-0.15, -0.1) is 0 Å². The summed E-state index contributed by atoms with van der Waals surface area (Å²) in [6.45, 7) is 7.24. The van der Waals surface area contributed by atoms with E-state index < -0.39 is 0 Å². The molecule has 1 aromatic carbocycles. The van der Waals surface area contributed by atoms with E-state index in [1.54, 1.807) is 0 Å². The summed E-state index contributed by atoms with van der Waals surface area (Å²) in [5.41, 5.74) is 1.37. The Bertz CT molecular complexity index is 373. The number of benzene rings is 1. The molecule has 1 saturated heterocycles. The quantitative estimate of drug-likeness (QED) is 0.824. The molecular weight excluding hydrogens is 246 g/mol. The maximum absolute atomic E-state index is 3.47. The second kappa shape index (κ2) is 7.77. The first-order valence-corrected chi connectivity index (χ1v) is 7.87. The Labute approximate surface area is 124 Å². The molecule has 2 unspecified atom stereocenters. The van der Waals surface area contributed by atoms with Gasteiger partial charge in [-0.25, -0.2) is 0 Å². The monoisotopic (exact) mass is 275 g/mol. The number of likely N-dealkylation sites (tertiary alicyclic amines) is 1. The van der Waals surface area contributed by atoms with Gasteiger partial charge in [0.1, 0.15) is 0 Å². The number of rotatable bonds is 7. The summed E-state index contributed by atoms with van der Waals surface area (Å²) in [5.74, 6) is 0. The minimum absolute atomic E-state index is 0.389. The molecule has 112 valence electrons. The van der Waals surface area contributed by atoms with Gasteiger partial charge in [-0.2, -0.15) is 0 Å². The third-order valence-corrected chi connectivity index (χ3v) is 4.61. The molecular formula is C17H29N3. The van der Waals surface area contributed by atoms with Crippen LogP contribution in [-0.2, 0) is 0 Å². The molecule has 0 bridgehead atoms. The van der Waals surface area contributed by atoms with Crippen molar-refractivity contribution in [3.05, 3.63) is 35.9 Å². The van der Waals surface area contributed by atoms with Gasteiger partial charge in [0, 0.05) is 25.2 Å². The molecule has 0 saturated carbocycles. The van der Waals surface area contributed by atoms with Crippen LogP contribution in [0, 0.1) is 0 Å². The van der Waals surface area contributed by atoms with Gasteiger partial charge >= 0.3 is 0 Å². The van der Waals surface area contributed by atoms with Crippen LogP contribution in [0.4, 0.5) is 0 Å². The highest BCUT2D eigenvalue weighted by Gasteiger charge is 2.21. The summed E-state index contributed by atoms with van der Waals surface area (Å²) in [6.07, 6.45) is 2.75. The van der Waals surface area contributed by atoms with Gasteiger partial charge in [0.25, 0.3) is 0 Å². The van der Waals surface area contributed by atoms with Crippen LogP contribution < -0.4 is 5.32 Å². The normalized spacial score (nSPS) is 19.4. The van der Waals surface area contributed by atoms with Crippen molar-refractivity contribution in [3.8, 4) is 0 Å². The van der Waals surface area contributed by atoms with Crippen molar-refractivity contribution in [1.82, 2.24) is 15.1 Å². The summed E-state index contributed by atoms with van der Waals surface area (Å²) < 4.78 is 0. The molecule has 1 aliphatic rings. The maximum atomic E-state index is 3.47. The van der Waals surface area contributed by atoms with Crippen molar-refractivity contribution in [2.24, 2.45) is 0 Å². The highest BCUT2D eigenvalue weighted by atomic mass is 15.2. The van der Waals surface area contributed by atoms with Gasteiger partial charge in [0.2, 0.25) is 0 Å². The zero-order chi connectivity index (χ0) is 14.4. The van der Waals surface area contributed by atoms with Crippen molar-refractivity contribution in [2.75, 3.05) is 40.3 Å². The van der Waals surface area contributed by atoms with Crippen molar-refractivity contribution < 1.29 is 0 Å². The van der Waals surface area contributed by atoms with E-state index in [2.05, 4.69) is 66.5 Å². The van der Waals surface area contributed by atoms with E-state index in [1.807, 2.05) is 0 Å². The van der Waals surface area contributed by atoms with E-state index in [1.165, 1.54) is 38.0 Å². The standard InChI is InChI=1S/C17H29N3/c1-15(17(18-2)16-9-5-4-6-10-16)19(3)13-14-20-11-7-8-12-20/h4-6,9-10,15,17-18H,7-8,11-14H2,1-3H3. The van der Waals surface area contributed by atoms with E-state index in [0.29, 0.717) is 12.1 Å². The average molecular weight is 275 g/mol. The van der Waals surface area contributed by atoms with E-state index in [4.69, 9.17) is 0 Å². The minimum atomic E-state index is 0.389. The van der Waals surface area contributed by atoms with Crippen LogP contribution in [0.3, 0.4) is 0 Å². The molecule has 1 fully saturated rings. The number of nitrogens with one attached hydrogen (secondary N) is 1. The molecule has 2 atom stereocenters. The van der Waals surface area contributed by atoms with Crippen LogP contribution in [0.15, 0.2) is 30.3 Å². The zero-order valence-electron chi connectivity index (χ0n) is 13.2. The predicted octanol–water partition coefficient (Wildman–Crippen LogP) is 2.36. The second-order valence-corrected chi connectivity index (χ2v) is 5.95. The first kappa shape index (κ1) is 15.5. The molecule has 3 heteroatoms. The van der Waals surface area contributed by atoms with Crippen LogP contribution >= 0.6 is 0 Å². The van der Waals surface area contributed by atoms with Crippen LogP contribution in [-0.4, -0.2) is 56.1 Å².